The summed E-state index contributed by atoms with van der Waals surface area (Å²) < 4.78 is 11.9. The number of hydrogen-bond donors (Lipinski definition) is 0. The van der Waals surface area contributed by atoms with E-state index in [1.807, 2.05) is 49.1 Å². The third-order valence-electron chi connectivity index (χ3n) is 9.13. The van der Waals surface area contributed by atoms with Gasteiger partial charge in [-0.1, -0.05) is 24.6 Å². The molecule has 208 valence electrons. The molecule has 4 heterocycles. The molecular weight excluding hydrogens is 490 g/mol. The molecule has 7 heteroatoms. The molecule has 6 rings (SSSR count). The highest BCUT2D eigenvalue weighted by Crippen LogP contribution is 2.49. The monoisotopic (exact) mass is 531 g/mol. The van der Waals surface area contributed by atoms with Gasteiger partial charge in [-0.2, -0.15) is 0 Å². The van der Waals surface area contributed by atoms with Crippen molar-refractivity contribution < 1.29 is 19.1 Å². The lowest BCUT2D eigenvalue weighted by molar-refractivity contribution is -0.136. The maximum atomic E-state index is 14.5. The van der Waals surface area contributed by atoms with Gasteiger partial charge in [0.05, 0.1) is 25.2 Å². The van der Waals surface area contributed by atoms with Gasteiger partial charge in [-0.15, -0.1) is 0 Å². The van der Waals surface area contributed by atoms with E-state index in [-0.39, 0.29) is 17.9 Å². The van der Waals surface area contributed by atoms with Gasteiger partial charge in [0.15, 0.2) is 11.5 Å². The van der Waals surface area contributed by atoms with Crippen LogP contribution in [0.2, 0.25) is 0 Å². The first-order valence-corrected chi connectivity index (χ1v) is 15.0. The van der Waals surface area contributed by atoms with Crippen molar-refractivity contribution in [1.29, 1.82) is 0 Å². The van der Waals surface area contributed by atoms with Crippen LogP contribution in [0.4, 0.5) is 0 Å². The Bertz CT molecular complexity index is 1220. The quantitative estimate of drug-likeness (QED) is 0.536. The molecule has 7 nitrogen and oxygen atoms in total. The van der Waals surface area contributed by atoms with Crippen molar-refractivity contribution in [2.24, 2.45) is 0 Å². The van der Waals surface area contributed by atoms with Crippen LogP contribution < -0.4 is 9.47 Å². The summed E-state index contributed by atoms with van der Waals surface area (Å²) in [6.45, 7) is 9.52. The Kier molecular flexibility index (Phi) is 7.52. The van der Waals surface area contributed by atoms with E-state index in [2.05, 4.69) is 15.9 Å². The van der Waals surface area contributed by atoms with Crippen LogP contribution in [0.5, 0.6) is 11.5 Å². The molecule has 2 amide bonds. The third-order valence-corrected chi connectivity index (χ3v) is 9.13. The molecule has 0 aliphatic carbocycles. The van der Waals surface area contributed by atoms with Gasteiger partial charge in [-0.3, -0.25) is 9.59 Å². The van der Waals surface area contributed by atoms with Crippen molar-refractivity contribution in [3.63, 3.8) is 0 Å². The number of carbonyl (C=O) groups is 2. The van der Waals surface area contributed by atoms with E-state index in [0.717, 1.165) is 54.8 Å². The number of hydrogen-bond acceptors (Lipinski definition) is 5. The highest BCUT2D eigenvalue weighted by atomic mass is 16.5. The summed E-state index contributed by atoms with van der Waals surface area (Å²) in [5, 5.41) is 0. The lowest BCUT2D eigenvalue weighted by Gasteiger charge is -2.47. The van der Waals surface area contributed by atoms with Gasteiger partial charge in [0, 0.05) is 31.2 Å². The normalized spacial score (nSPS) is 23.6. The Morgan fingerprint density at radius 2 is 1.56 bits per heavy atom. The van der Waals surface area contributed by atoms with Gasteiger partial charge in [-0.25, -0.2) is 0 Å². The molecule has 4 aliphatic rings. The van der Waals surface area contributed by atoms with Gasteiger partial charge in [0.25, 0.3) is 5.91 Å². The van der Waals surface area contributed by atoms with Gasteiger partial charge in [0.1, 0.15) is 0 Å². The Balaban J connectivity index is 1.35. The summed E-state index contributed by atoms with van der Waals surface area (Å²) >= 11 is 0. The maximum absolute atomic E-state index is 14.5. The predicted molar refractivity (Wildman–Crippen MR) is 150 cm³/mol. The van der Waals surface area contributed by atoms with Gasteiger partial charge in [0.2, 0.25) is 5.91 Å². The molecule has 2 aromatic carbocycles. The number of likely N-dealkylation sites (tertiary alicyclic amines) is 2. The van der Waals surface area contributed by atoms with Crippen LogP contribution in [-0.2, 0) is 11.2 Å². The van der Waals surface area contributed by atoms with Crippen molar-refractivity contribution in [2.45, 2.75) is 70.4 Å². The van der Waals surface area contributed by atoms with Crippen LogP contribution in [0.1, 0.15) is 85.0 Å². The van der Waals surface area contributed by atoms with E-state index in [4.69, 9.17) is 9.47 Å². The molecule has 0 spiro atoms. The Morgan fingerprint density at radius 1 is 0.872 bits per heavy atom. The average Bonchev–Trinajstić information content (AvgIpc) is 2.98. The van der Waals surface area contributed by atoms with Crippen molar-refractivity contribution in [1.82, 2.24) is 14.7 Å². The van der Waals surface area contributed by atoms with E-state index in [9.17, 15) is 9.59 Å². The van der Waals surface area contributed by atoms with E-state index in [1.165, 1.54) is 32.4 Å². The van der Waals surface area contributed by atoms with Crippen molar-refractivity contribution >= 4 is 11.8 Å². The van der Waals surface area contributed by atoms with Crippen molar-refractivity contribution in [3.05, 3.63) is 58.7 Å². The highest BCUT2D eigenvalue weighted by Gasteiger charge is 2.48. The minimum absolute atomic E-state index is 0.0148. The number of fused-ring (bicyclic) bond motifs is 4. The topological polar surface area (TPSA) is 62.3 Å². The second-order valence-electron chi connectivity index (χ2n) is 11.3. The number of piperidine rings is 2. The fraction of sp³-hybridized carbons (Fsp3) is 0.562. The van der Waals surface area contributed by atoms with Crippen LogP contribution in [0.25, 0.3) is 0 Å². The number of amides is 2. The summed E-state index contributed by atoms with van der Waals surface area (Å²) in [7, 11) is 0. The van der Waals surface area contributed by atoms with E-state index < -0.39 is 5.92 Å². The number of benzene rings is 2. The summed E-state index contributed by atoms with van der Waals surface area (Å²) in [5.74, 6) is 1.14. The van der Waals surface area contributed by atoms with Gasteiger partial charge in [-0.05, 0) is 93.9 Å². The lowest BCUT2D eigenvalue weighted by Crippen LogP contribution is -2.53. The Hall–Kier alpha value is -3.06. The molecule has 2 aromatic rings. The zero-order chi connectivity index (χ0) is 26.9. The predicted octanol–water partition coefficient (Wildman–Crippen LogP) is 4.80. The molecule has 0 bridgehead atoms. The lowest BCUT2D eigenvalue weighted by atomic mass is 9.75. The summed E-state index contributed by atoms with van der Waals surface area (Å²) in [6.07, 6.45) is 6.69. The van der Waals surface area contributed by atoms with E-state index >= 15 is 0 Å². The minimum atomic E-state index is -0.433. The number of ether oxygens (including phenoxy) is 2. The fourth-order valence-electron chi connectivity index (χ4n) is 7.27. The molecule has 0 N–H and O–H groups in total. The van der Waals surface area contributed by atoms with Crippen LogP contribution in [0.3, 0.4) is 0 Å². The fourth-order valence-corrected chi connectivity index (χ4v) is 7.27. The molecule has 2 atom stereocenters. The molecule has 0 unspecified atom stereocenters. The molecule has 0 saturated carbocycles. The first-order chi connectivity index (χ1) is 19.1. The summed E-state index contributed by atoms with van der Waals surface area (Å²) in [6, 6.07) is 12.1. The largest absolute Gasteiger partial charge is 0.490 e. The molecule has 39 heavy (non-hydrogen) atoms. The molecule has 2 fully saturated rings. The van der Waals surface area contributed by atoms with Crippen LogP contribution in [-0.4, -0.2) is 78.5 Å². The number of nitrogens with zero attached hydrogens (tertiary/aromatic N) is 3. The second-order valence-corrected chi connectivity index (χ2v) is 11.3. The van der Waals surface area contributed by atoms with Gasteiger partial charge >= 0.3 is 0 Å². The first kappa shape index (κ1) is 26.2. The molecule has 2 saturated heterocycles. The van der Waals surface area contributed by atoms with Crippen molar-refractivity contribution in [3.8, 4) is 11.5 Å². The van der Waals surface area contributed by atoms with E-state index in [0.29, 0.717) is 37.1 Å². The van der Waals surface area contributed by atoms with Crippen LogP contribution in [0, 0.1) is 0 Å². The Labute approximate surface area is 232 Å². The van der Waals surface area contributed by atoms with Crippen molar-refractivity contribution in [2.75, 3.05) is 45.9 Å². The zero-order valence-electron chi connectivity index (χ0n) is 23.4. The van der Waals surface area contributed by atoms with Crippen LogP contribution in [0.15, 0.2) is 36.4 Å². The maximum Gasteiger partial charge on any atom is 0.254 e. The number of rotatable bonds is 6. The minimum Gasteiger partial charge on any atom is -0.490 e. The SMILES string of the molecule is CCOc1cc2c(cc1OCC)[C@H]1[C@H](C(=O)N3CCC(N4CCCCC4)CC3)c3ccccc3C(=O)N1CC2. The zero-order valence-corrected chi connectivity index (χ0v) is 23.4. The molecule has 4 aliphatic heterocycles. The second kappa shape index (κ2) is 11.2. The standard InChI is InChI=1S/C32H41N3O4/c1-3-38-27-20-22-12-19-35-30(26(22)21-28(27)39-4-2)29(24-10-6-7-11-25(24)31(35)36)32(37)34-17-13-23(14-18-34)33-15-8-5-9-16-33/h6-7,10-11,20-21,23,29-30H,3-5,8-9,12-19H2,1-2H3/t29-,30+/m1/s1. The first-order valence-electron chi connectivity index (χ1n) is 15.0. The molecule has 0 radical (unpaired) electrons. The highest BCUT2D eigenvalue weighted by molar-refractivity contribution is 6.01. The summed E-state index contributed by atoms with van der Waals surface area (Å²) in [4.78, 5) is 34.9. The average molecular weight is 532 g/mol. The molecular formula is C32H41N3O4. The Morgan fingerprint density at radius 3 is 2.28 bits per heavy atom. The van der Waals surface area contributed by atoms with Crippen LogP contribution >= 0.6 is 0 Å². The third kappa shape index (κ3) is 4.79. The van der Waals surface area contributed by atoms with E-state index in [1.54, 1.807) is 0 Å². The molecule has 0 aromatic heterocycles. The number of carbonyl (C=O) groups excluding carboxylic acids is 2. The van der Waals surface area contributed by atoms with Gasteiger partial charge < -0.3 is 24.2 Å². The summed E-state index contributed by atoms with van der Waals surface area (Å²) in [5.41, 5.74) is 3.66. The smallest absolute Gasteiger partial charge is 0.254 e.